The van der Waals surface area contributed by atoms with Crippen molar-refractivity contribution in [1.82, 2.24) is 0 Å². The first-order valence-corrected chi connectivity index (χ1v) is 9.05. The first-order valence-electron chi connectivity index (χ1n) is 7.57. The van der Waals surface area contributed by atoms with E-state index < -0.39 is 23.1 Å². The maximum Gasteiger partial charge on any atom is 0.491 e. The van der Waals surface area contributed by atoms with Crippen molar-refractivity contribution in [2.24, 2.45) is 0 Å². The molecule has 2 N–H and O–H groups in total. The van der Waals surface area contributed by atoms with Crippen LogP contribution in [-0.2, 0) is 26.0 Å². The van der Waals surface area contributed by atoms with Crippen LogP contribution >= 0.6 is 0 Å². The van der Waals surface area contributed by atoms with Gasteiger partial charge in [0.2, 0.25) is 0 Å². The summed E-state index contributed by atoms with van der Waals surface area (Å²) in [5, 5.41) is 9.75. The normalized spacial score (nSPS) is 13.3. The van der Waals surface area contributed by atoms with Crippen molar-refractivity contribution in [2.75, 3.05) is 18.9 Å². The lowest BCUT2D eigenvalue weighted by atomic mass is 9.79. The van der Waals surface area contributed by atoms with Crippen molar-refractivity contribution < 1.29 is 32.4 Å². The second-order valence-electron chi connectivity index (χ2n) is 5.54. The Labute approximate surface area is 150 Å². The van der Waals surface area contributed by atoms with Crippen LogP contribution in [0, 0.1) is 0 Å². The number of fused-ring (bicyclic) bond motifs is 1. The Kier molecular flexibility index (Phi) is 4.90. The summed E-state index contributed by atoms with van der Waals surface area (Å²) in [6, 6.07) is 8.70. The van der Waals surface area contributed by atoms with Crippen molar-refractivity contribution in [3.63, 3.8) is 0 Å². The number of hydrogen-bond acceptors (Lipinski definition) is 7. The van der Waals surface area contributed by atoms with E-state index in [9.17, 15) is 18.2 Å². The van der Waals surface area contributed by atoms with Gasteiger partial charge in [-0.25, -0.2) is 13.2 Å². The highest BCUT2D eigenvalue weighted by atomic mass is 32.2. The van der Waals surface area contributed by atoms with Crippen LogP contribution in [0.2, 0.25) is 0 Å². The van der Waals surface area contributed by atoms with Crippen LogP contribution < -0.4 is 14.9 Å². The Morgan fingerprint density at radius 1 is 1.23 bits per heavy atom. The zero-order chi connectivity index (χ0) is 18.9. The summed E-state index contributed by atoms with van der Waals surface area (Å²) in [5.41, 5.74) is 1.36. The van der Waals surface area contributed by atoms with E-state index in [4.69, 9.17) is 9.39 Å². The Balaban J connectivity index is 1.99. The van der Waals surface area contributed by atoms with Gasteiger partial charge >= 0.3 is 13.1 Å². The number of sulfonamides is 1. The van der Waals surface area contributed by atoms with Crippen LogP contribution in [0.4, 0.5) is 5.69 Å². The molecule has 0 spiro atoms. The van der Waals surface area contributed by atoms with Gasteiger partial charge in [0.25, 0.3) is 10.0 Å². The van der Waals surface area contributed by atoms with Crippen LogP contribution in [0.3, 0.4) is 0 Å². The minimum absolute atomic E-state index is 0.149. The number of ether oxygens (including phenoxy) is 2. The molecule has 0 aliphatic carbocycles. The highest BCUT2D eigenvalue weighted by Crippen LogP contribution is 2.25. The molecule has 0 unspecified atom stereocenters. The van der Waals surface area contributed by atoms with E-state index >= 15 is 0 Å². The zero-order valence-electron chi connectivity index (χ0n) is 14.1. The lowest BCUT2D eigenvalue weighted by Crippen LogP contribution is -2.28. The Morgan fingerprint density at radius 3 is 2.69 bits per heavy atom. The molecule has 0 atom stereocenters. The number of anilines is 1. The fourth-order valence-electron chi connectivity index (χ4n) is 2.63. The fraction of sp³-hybridized carbons (Fsp3) is 0.188. The van der Waals surface area contributed by atoms with Crippen LogP contribution in [0.15, 0.2) is 41.3 Å². The molecule has 2 aromatic rings. The van der Waals surface area contributed by atoms with Gasteiger partial charge in [-0.15, -0.1) is 0 Å². The maximum atomic E-state index is 12.8. The number of rotatable bonds is 5. The Bertz CT molecular complexity index is 961. The average molecular weight is 377 g/mol. The lowest BCUT2D eigenvalue weighted by molar-refractivity contribution is 0.0596. The van der Waals surface area contributed by atoms with Crippen LogP contribution in [0.1, 0.15) is 15.9 Å². The van der Waals surface area contributed by atoms with Crippen molar-refractivity contribution in [2.45, 2.75) is 11.5 Å². The number of esters is 1. The SMILES string of the molecule is COC(=O)c1cc(OC)ccc1S(=O)(=O)Nc1ccc2c(c1)B(O)OC2. The molecule has 0 radical (unpaired) electrons. The topological polar surface area (TPSA) is 111 Å². The molecule has 3 rings (SSSR count). The van der Waals surface area contributed by atoms with Gasteiger partial charge in [0, 0.05) is 5.69 Å². The molecule has 0 amide bonds. The van der Waals surface area contributed by atoms with Gasteiger partial charge in [-0.2, -0.15) is 0 Å². The Morgan fingerprint density at radius 2 is 2.00 bits per heavy atom. The van der Waals surface area contributed by atoms with Gasteiger partial charge < -0.3 is 19.2 Å². The van der Waals surface area contributed by atoms with E-state index in [-0.39, 0.29) is 22.8 Å². The predicted molar refractivity (Wildman–Crippen MR) is 94.0 cm³/mol. The van der Waals surface area contributed by atoms with Crippen LogP contribution in [0.25, 0.3) is 0 Å². The molecular weight excluding hydrogens is 361 g/mol. The quantitative estimate of drug-likeness (QED) is 0.577. The minimum atomic E-state index is -4.09. The zero-order valence-corrected chi connectivity index (χ0v) is 14.9. The summed E-state index contributed by atoms with van der Waals surface area (Å²) < 4.78 is 42.7. The molecule has 0 saturated heterocycles. The van der Waals surface area contributed by atoms with E-state index in [0.717, 1.165) is 12.7 Å². The molecule has 26 heavy (non-hydrogen) atoms. The fourth-order valence-corrected chi connectivity index (χ4v) is 3.85. The van der Waals surface area contributed by atoms with Gasteiger partial charge in [-0.3, -0.25) is 4.72 Å². The molecular formula is C16H16BNO7S. The van der Waals surface area contributed by atoms with Crippen LogP contribution in [0.5, 0.6) is 5.75 Å². The monoisotopic (exact) mass is 377 g/mol. The molecule has 1 aliphatic rings. The van der Waals surface area contributed by atoms with Crippen molar-refractivity contribution >= 4 is 34.3 Å². The standard InChI is InChI=1S/C16H16BNO7S/c1-23-12-5-6-15(13(8-12)16(19)24-2)26(21,22)18-11-4-3-10-9-25-17(20)14(10)7-11/h3-8,18,20H,9H2,1-2H3. The first kappa shape index (κ1) is 18.2. The van der Waals surface area contributed by atoms with Crippen molar-refractivity contribution in [3.05, 3.63) is 47.5 Å². The molecule has 0 bridgehead atoms. The maximum absolute atomic E-state index is 12.8. The number of benzene rings is 2. The summed E-state index contributed by atoms with van der Waals surface area (Å²) in [6.07, 6.45) is 0. The average Bonchev–Trinajstić information content (AvgIpc) is 3.00. The number of carbonyl (C=O) groups excluding carboxylic acids is 1. The van der Waals surface area contributed by atoms with E-state index in [1.807, 2.05) is 0 Å². The third kappa shape index (κ3) is 3.39. The molecule has 0 fully saturated rings. The third-order valence-electron chi connectivity index (χ3n) is 3.94. The molecule has 8 nitrogen and oxygen atoms in total. The van der Waals surface area contributed by atoms with Crippen molar-refractivity contribution in [3.8, 4) is 5.75 Å². The molecule has 136 valence electrons. The highest BCUT2D eigenvalue weighted by Gasteiger charge is 2.29. The van der Waals surface area contributed by atoms with Gasteiger partial charge in [-0.05, 0) is 41.4 Å². The molecule has 1 heterocycles. The molecule has 0 saturated carbocycles. The van der Waals surface area contributed by atoms with Crippen molar-refractivity contribution in [1.29, 1.82) is 0 Å². The van der Waals surface area contributed by atoms with Gasteiger partial charge in [0.1, 0.15) is 10.6 Å². The van der Waals surface area contributed by atoms with E-state index in [1.54, 1.807) is 12.1 Å². The highest BCUT2D eigenvalue weighted by molar-refractivity contribution is 7.92. The van der Waals surface area contributed by atoms with Gasteiger partial charge in [-0.1, -0.05) is 6.07 Å². The molecule has 0 aromatic heterocycles. The number of nitrogens with one attached hydrogen (secondary N) is 1. The van der Waals surface area contributed by atoms with Crippen LogP contribution in [-0.4, -0.2) is 40.7 Å². The summed E-state index contributed by atoms with van der Waals surface area (Å²) in [6.45, 7) is 0.258. The number of methoxy groups -OCH3 is 2. The Hall–Kier alpha value is -2.56. The smallest absolute Gasteiger partial charge is 0.491 e. The molecule has 10 heteroatoms. The molecule has 1 aliphatic heterocycles. The largest absolute Gasteiger partial charge is 0.497 e. The third-order valence-corrected chi connectivity index (χ3v) is 5.38. The van der Waals surface area contributed by atoms with E-state index in [1.165, 1.54) is 31.4 Å². The number of carbonyl (C=O) groups is 1. The van der Waals surface area contributed by atoms with Gasteiger partial charge in [0.15, 0.2) is 0 Å². The number of hydrogen-bond donors (Lipinski definition) is 2. The lowest BCUT2D eigenvalue weighted by Gasteiger charge is -2.13. The van der Waals surface area contributed by atoms with E-state index in [2.05, 4.69) is 9.46 Å². The summed E-state index contributed by atoms with van der Waals surface area (Å²) in [4.78, 5) is 11.7. The first-order chi connectivity index (χ1) is 12.4. The summed E-state index contributed by atoms with van der Waals surface area (Å²) >= 11 is 0. The predicted octanol–water partition coefficient (Wildman–Crippen LogP) is 0.500. The minimum Gasteiger partial charge on any atom is -0.497 e. The van der Waals surface area contributed by atoms with E-state index in [0.29, 0.717) is 11.2 Å². The van der Waals surface area contributed by atoms with Gasteiger partial charge in [0.05, 0.1) is 26.4 Å². The second-order valence-corrected chi connectivity index (χ2v) is 7.19. The second kappa shape index (κ2) is 6.98. The summed E-state index contributed by atoms with van der Waals surface area (Å²) in [7, 11) is -2.62. The summed E-state index contributed by atoms with van der Waals surface area (Å²) in [5.74, 6) is -0.482. The molecule has 2 aromatic carbocycles.